The first-order valence-electron chi connectivity index (χ1n) is 6.40. The number of benzene rings is 1. The number of carbonyl (C=O) groups excluding carboxylic acids is 1. The van der Waals surface area contributed by atoms with E-state index < -0.39 is 37.3 Å². The van der Waals surface area contributed by atoms with Gasteiger partial charge in [-0.25, -0.2) is 4.79 Å². The van der Waals surface area contributed by atoms with Gasteiger partial charge in [-0.1, -0.05) is 11.6 Å². The Hall–Kier alpha value is -2.66. The standard InChI is InChI=1S/C12H11ClN4O6S/c1-2-23-12(18)8-6-15-16(11(8)14)24(21,22)7-3-4-9(13)10(5-7)17(19)20/h3-6H,2,14H2,1H3. The molecule has 24 heavy (non-hydrogen) atoms. The van der Waals surface area contributed by atoms with Crippen LogP contribution in [0.3, 0.4) is 0 Å². The monoisotopic (exact) mass is 374 g/mol. The smallest absolute Gasteiger partial charge is 0.343 e. The lowest BCUT2D eigenvalue weighted by Crippen LogP contribution is -2.18. The number of hydrogen-bond acceptors (Lipinski definition) is 8. The highest BCUT2D eigenvalue weighted by Gasteiger charge is 2.27. The van der Waals surface area contributed by atoms with Crippen LogP contribution < -0.4 is 5.73 Å². The first-order chi connectivity index (χ1) is 11.2. The van der Waals surface area contributed by atoms with Gasteiger partial charge in [0.2, 0.25) is 0 Å². The third-order valence-electron chi connectivity index (χ3n) is 2.91. The summed E-state index contributed by atoms with van der Waals surface area (Å²) in [5.74, 6) is -1.30. The normalized spacial score (nSPS) is 11.2. The van der Waals surface area contributed by atoms with Crippen LogP contribution in [0.4, 0.5) is 11.5 Å². The minimum Gasteiger partial charge on any atom is -0.462 e. The predicted molar refractivity (Wildman–Crippen MR) is 83.3 cm³/mol. The van der Waals surface area contributed by atoms with E-state index in [0.717, 1.165) is 24.4 Å². The number of anilines is 1. The fourth-order valence-electron chi connectivity index (χ4n) is 1.79. The third-order valence-corrected chi connectivity index (χ3v) is 4.82. The maximum absolute atomic E-state index is 12.5. The van der Waals surface area contributed by atoms with Gasteiger partial charge in [0.05, 0.1) is 22.6 Å². The fraction of sp³-hybridized carbons (Fsp3) is 0.167. The number of nitro groups is 1. The fourth-order valence-corrected chi connectivity index (χ4v) is 3.21. The molecular weight excluding hydrogens is 364 g/mol. The van der Waals surface area contributed by atoms with Gasteiger partial charge in [-0.05, 0) is 19.1 Å². The van der Waals surface area contributed by atoms with Crippen LogP contribution in [0.5, 0.6) is 0 Å². The molecule has 0 aliphatic rings. The lowest BCUT2D eigenvalue weighted by Gasteiger charge is -2.07. The molecule has 2 rings (SSSR count). The van der Waals surface area contributed by atoms with Crippen LogP contribution in [0.25, 0.3) is 0 Å². The average molecular weight is 375 g/mol. The molecule has 0 bridgehead atoms. The molecule has 1 aromatic carbocycles. The number of nitrogen functional groups attached to an aromatic ring is 1. The van der Waals surface area contributed by atoms with E-state index in [1.165, 1.54) is 0 Å². The number of carbonyl (C=O) groups is 1. The first-order valence-corrected chi connectivity index (χ1v) is 8.22. The number of aromatic nitrogens is 2. The predicted octanol–water partition coefficient (Wildman–Crippen LogP) is 1.44. The largest absolute Gasteiger partial charge is 0.462 e. The Morgan fingerprint density at radius 1 is 1.50 bits per heavy atom. The van der Waals surface area contributed by atoms with Crippen molar-refractivity contribution in [1.82, 2.24) is 9.19 Å². The second-order valence-electron chi connectivity index (χ2n) is 4.38. The summed E-state index contributed by atoms with van der Waals surface area (Å²) >= 11 is 5.65. The van der Waals surface area contributed by atoms with Crippen molar-refractivity contribution in [3.8, 4) is 0 Å². The molecule has 0 aliphatic carbocycles. The first kappa shape index (κ1) is 17.7. The van der Waals surface area contributed by atoms with Crippen molar-refractivity contribution in [3.05, 3.63) is 45.1 Å². The van der Waals surface area contributed by atoms with E-state index in [-0.39, 0.29) is 17.2 Å². The number of ether oxygens (including phenoxy) is 1. The van der Waals surface area contributed by atoms with Crippen molar-refractivity contribution in [2.45, 2.75) is 11.8 Å². The molecule has 0 radical (unpaired) electrons. The van der Waals surface area contributed by atoms with E-state index in [1.807, 2.05) is 0 Å². The Bertz CT molecular complexity index is 924. The Kier molecular flexibility index (Phi) is 4.76. The number of nitrogens with two attached hydrogens (primary N) is 1. The van der Waals surface area contributed by atoms with Crippen LogP contribution in [0.15, 0.2) is 29.3 Å². The van der Waals surface area contributed by atoms with E-state index >= 15 is 0 Å². The molecule has 0 aliphatic heterocycles. The van der Waals surface area contributed by atoms with Gasteiger partial charge >= 0.3 is 5.97 Å². The SMILES string of the molecule is CCOC(=O)c1cnn(S(=O)(=O)c2ccc(Cl)c([N+](=O)[O-])c2)c1N. The van der Waals surface area contributed by atoms with Crippen LogP contribution >= 0.6 is 11.6 Å². The van der Waals surface area contributed by atoms with Crippen molar-refractivity contribution < 1.29 is 22.9 Å². The second kappa shape index (κ2) is 6.45. The van der Waals surface area contributed by atoms with Crippen molar-refractivity contribution in [2.24, 2.45) is 0 Å². The summed E-state index contributed by atoms with van der Waals surface area (Å²) in [6.07, 6.45) is 0.940. The van der Waals surface area contributed by atoms with Gasteiger partial charge in [0.25, 0.3) is 15.7 Å². The molecule has 1 aromatic heterocycles. The Morgan fingerprint density at radius 2 is 2.17 bits per heavy atom. The number of rotatable bonds is 5. The molecule has 0 atom stereocenters. The topological polar surface area (TPSA) is 147 Å². The lowest BCUT2D eigenvalue weighted by molar-refractivity contribution is -0.384. The molecule has 0 spiro atoms. The lowest BCUT2D eigenvalue weighted by atomic mass is 10.3. The van der Waals surface area contributed by atoms with E-state index in [2.05, 4.69) is 5.10 Å². The van der Waals surface area contributed by atoms with Crippen LogP contribution in [0.1, 0.15) is 17.3 Å². The molecular formula is C12H11ClN4O6S. The molecule has 0 saturated carbocycles. The Balaban J connectivity index is 2.55. The quantitative estimate of drug-likeness (QED) is 0.469. The highest BCUT2D eigenvalue weighted by Crippen LogP contribution is 2.29. The highest BCUT2D eigenvalue weighted by atomic mass is 35.5. The Morgan fingerprint density at radius 3 is 2.75 bits per heavy atom. The minimum atomic E-state index is -4.36. The van der Waals surface area contributed by atoms with Crippen LogP contribution in [-0.2, 0) is 14.8 Å². The molecule has 12 heteroatoms. The molecule has 2 N–H and O–H groups in total. The van der Waals surface area contributed by atoms with Gasteiger partial charge in [-0.2, -0.15) is 13.5 Å². The van der Waals surface area contributed by atoms with Crippen molar-refractivity contribution in [3.63, 3.8) is 0 Å². The van der Waals surface area contributed by atoms with Crippen molar-refractivity contribution in [1.29, 1.82) is 0 Å². The van der Waals surface area contributed by atoms with Gasteiger partial charge in [-0.15, -0.1) is 4.09 Å². The van der Waals surface area contributed by atoms with Gasteiger partial charge < -0.3 is 10.5 Å². The number of nitrogens with zero attached hydrogens (tertiary/aromatic N) is 3. The molecule has 0 saturated heterocycles. The molecule has 0 unspecified atom stereocenters. The van der Waals surface area contributed by atoms with E-state index in [0.29, 0.717) is 4.09 Å². The van der Waals surface area contributed by atoms with Crippen molar-refractivity contribution in [2.75, 3.05) is 12.3 Å². The summed E-state index contributed by atoms with van der Waals surface area (Å²) in [6, 6.07) is 2.91. The number of nitro benzene ring substituents is 1. The minimum absolute atomic E-state index is 0.0690. The highest BCUT2D eigenvalue weighted by molar-refractivity contribution is 7.90. The summed E-state index contributed by atoms with van der Waals surface area (Å²) in [5, 5.41) is 14.2. The van der Waals surface area contributed by atoms with Gasteiger partial charge in [-0.3, -0.25) is 10.1 Å². The summed E-state index contributed by atoms with van der Waals surface area (Å²) in [4.78, 5) is 21.3. The van der Waals surface area contributed by atoms with E-state index in [1.54, 1.807) is 6.92 Å². The van der Waals surface area contributed by atoms with E-state index in [4.69, 9.17) is 22.1 Å². The number of hydrogen-bond donors (Lipinski definition) is 1. The third kappa shape index (κ3) is 3.03. The molecule has 128 valence electrons. The van der Waals surface area contributed by atoms with Crippen LogP contribution in [-0.4, -0.2) is 35.1 Å². The maximum atomic E-state index is 12.5. The average Bonchev–Trinajstić information content (AvgIpc) is 2.89. The summed E-state index contributed by atoms with van der Waals surface area (Å²) < 4.78 is 30.2. The second-order valence-corrected chi connectivity index (χ2v) is 6.56. The van der Waals surface area contributed by atoms with Crippen molar-refractivity contribution >= 4 is 39.1 Å². The van der Waals surface area contributed by atoms with Crippen LogP contribution in [0, 0.1) is 10.1 Å². The summed E-state index contributed by atoms with van der Waals surface area (Å²) in [5.41, 5.74) is 4.82. The number of esters is 1. The molecule has 10 nitrogen and oxygen atoms in total. The summed E-state index contributed by atoms with van der Waals surface area (Å²) in [6.45, 7) is 1.64. The van der Waals surface area contributed by atoms with Gasteiger partial charge in [0.1, 0.15) is 10.6 Å². The number of halogens is 1. The molecule has 0 fully saturated rings. The Labute approximate surface area is 141 Å². The van der Waals surface area contributed by atoms with E-state index in [9.17, 15) is 23.3 Å². The van der Waals surface area contributed by atoms with Gasteiger partial charge in [0, 0.05) is 6.07 Å². The molecule has 1 heterocycles. The molecule has 2 aromatic rings. The molecule has 0 amide bonds. The zero-order valence-electron chi connectivity index (χ0n) is 12.2. The zero-order valence-corrected chi connectivity index (χ0v) is 13.7. The van der Waals surface area contributed by atoms with Crippen LogP contribution in [0.2, 0.25) is 5.02 Å². The van der Waals surface area contributed by atoms with Gasteiger partial charge in [0.15, 0.2) is 5.82 Å². The maximum Gasteiger partial charge on any atom is 0.343 e. The summed E-state index contributed by atoms with van der Waals surface area (Å²) in [7, 11) is -4.36. The zero-order chi connectivity index (χ0) is 18.1.